The number of hydrogen-bond donors (Lipinski definition) is 1. The molecule has 1 aromatic rings. The lowest BCUT2D eigenvalue weighted by Gasteiger charge is -2.24. The van der Waals surface area contributed by atoms with Crippen LogP contribution in [0.3, 0.4) is 0 Å². The number of nitrogens with one attached hydrogen (secondary N) is 1. The van der Waals surface area contributed by atoms with E-state index < -0.39 is 0 Å². The van der Waals surface area contributed by atoms with Crippen LogP contribution in [0.25, 0.3) is 0 Å². The van der Waals surface area contributed by atoms with Gasteiger partial charge < -0.3 is 5.32 Å². The molecule has 1 aliphatic heterocycles. The minimum atomic E-state index is 0. The van der Waals surface area contributed by atoms with Crippen molar-refractivity contribution in [2.45, 2.75) is 5.92 Å². The summed E-state index contributed by atoms with van der Waals surface area (Å²) in [6, 6.07) is 2.09. The minimum absolute atomic E-state index is 0. The standard InChI is InChI=1S/C7H11N3.2ClH/c1-10-3-2-7(9-10)6-4-8-5-6;;/h2-3,6,8H,4-5H2,1H3;2*1H. The number of rotatable bonds is 1. The molecule has 1 saturated heterocycles. The van der Waals surface area contributed by atoms with Crippen LogP contribution in [0, 0.1) is 0 Å². The lowest BCUT2D eigenvalue weighted by atomic mass is 10.0. The molecule has 0 aromatic carbocycles. The van der Waals surface area contributed by atoms with Crippen molar-refractivity contribution in [3.05, 3.63) is 18.0 Å². The van der Waals surface area contributed by atoms with Gasteiger partial charge in [0.2, 0.25) is 0 Å². The average molecular weight is 210 g/mol. The number of halogens is 2. The van der Waals surface area contributed by atoms with Crippen molar-refractivity contribution in [2.24, 2.45) is 7.05 Å². The van der Waals surface area contributed by atoms with Crippen LogP contribution in [0.4, 0.5) is 0 Å². The molecule has 2 heterocycles. The van der Waals surface area contributed by atoms with Gasteiger partial charge in [0.05, 0.1) is 5.69 Å². The Hall–Kier alpha value is -0.250. The summed E-state index contributed by atoms with van der Waals surface area (Å²) in [5.74, 6) is 0.668. The quantitative estimate of drug-likeness (QED) is 0.747. The highest BCUT2D eigenvalue weighted by molar-refractivity contribution is 5.85. The molecule has 0 amide bonds. The maximum absolute atomic E-state index is 4.31. The molecule has 1 aromatic heterocycles. The van der Waals surface area contributed by atoms with E-state index in [9.17, 15) is 0 Å². The molecule has 0 unspecified atom stereocenters. The van der Waals surface area contributed by atoms with Crippen LogP contribution in [0.2, 0.25) is 0 Å². The molecule has 0 saturated carbocycles. The molecule has 0 atom stereocenters. The van der Waals surface area contributed by atoms with Crippen LogP contribution in [-0.4, -0.2) is 22.9 Å². The van der Waals surface area contributed by atoms with E-state index in [-0.39, 0.29) is 24.8 Å². The van der Waals surface area contributed by atoms with Crippen LogP contribution in [0.5, 0.6) is 0 Å². The summed E-state index contributed by atoms with van der Waals surface area (Å²) in [7, 11) is 1.95. The Morgan fingerprint density at radius 2 is 2.17 bits per heavy atom. The van der Waals surface area contributed by atoms with Crippen LogP contribution < -0.4 is 5.32 Å². The molecular weight excluding hydrogens is 197 g/mol. The molecule has 0 bridgehead atoms. The van der Waals surface area contributed by atoms with Crippen molar-refractivity contribution in [1.82, 2.24) is 15.1 Å². The van der Waals surface area contributed by atoms with Crippen molar-refractivity contribution in [2.75, 3.05) is 13.1 Å². The van der Waals surface area contributed by atoms with E-state index in [0.717, 1.165) is 13.1 Å². The molecule has 3 nitrogen and oxygen atoms in total. The third kappa shape index (κ3) is 2.12. The monoisotopic (exact) mass is 209 g/mol. The molecule has 12 heavy (non-hydrogen) atoms. The number of aryl methyl sites for hydroxylation is 1. The van der Waals surface area contributed by atoms with Crippen LogP contribution in [-0.2, 0) is 7.05 Å². The van der Waals surface area contributed by atoms with Gasteiger partial charge in [-0.25, -0.2) is 0 Å². The first-order valence-corrected chi connectivity index (χ1v) is 3.56. The average Bonchev–Trinajstić information content (AvgIpc) is 2.10. The first-order valence-electron chi connectivity index (χ1n) is 3.56. The molecule has 1 aliphatic rings. The third-order valence-corrected chi connectivity index (χ3v) is 1.93. The van der Waals surface area contributed by atoms with Crippen LogP contribution in [0.15, 0.2) is 12.3 Å². The fraction of sp³-hybridized carbons (Fsp3) is 0.571. The van der Waals surface area contributed by atoms with E-state index in [1.54, 1.807) is 0 Å². The molecule has 0 radical (unpaired) electrons. The molecule has 5 heteroatoms. The molecule has 0 aliphatic carbocycles. The van der Waals surface area contributed by atoms with Gasteiger partial charge in [0.1, 0.15) is 0 Å². The van der Waals surface area contributed by atoms with E-state index in [0.29, 0.717) is 5.92 Å². The van der Waals surface area contributed by atoms with E-state index in [4.69, 9.17) is 0 Å². The van der Waals surface area contributed by atoms with Gasteiger partial charge in [-0.1, -0.05) is 0 Å². The van der Waals surface area contributed by atoms with Crippen molar-refractivity contribution < 1.29 is 0 Å². The number of nitrogens with zero attached hydrogens (tertiary/aromatic N) is 2. The summed E-state index contributed by atoms with van der Waals surface area (Å²) in [5.41, 5.74) is 1.22. The molecule has 1 N–H and O–H groups in total. The number of aromatic nitrogens is 2. The first-order chi connectivity index (χ1) is 4.86. The van der Waals surface area contributed by atoms with Gasteiger partial charge in [-0.3, -0.25) is 4.68 Å². The second-order valence-corrected chi connectivity index (χ2v) is 2.77. The van der Waals surface area contributed by atoms with Gasteiger partial charge in [0, 0.05) is 32.3 Å². The van der Waals surface area contributed by atoms with Crippen molar-refractivity contribution >= 4 is 24.8 Å². The van der Waals surface area contributed by atoms with Crippen molar-refractivity contribution in [3.63, 3.8) is 0 Å². The first kappa shape index (κ1) is 11.8. The maximum atomic E-state index is 4.31. The highest BCUT2D eigenvalue weighted by atomic mass is 35.5. The summed E-state index contributed by atoms with van der Waals surface area (Å²) >= 11 is 0. The van der Waals surface area contributed by atoms with E-state index in [2.05, 4.69) is 16.5 Å². The zero-order valence-electron chi connectivity index (χ0n) is 6.86. The maximum Gasteiger partial charge on any atom is 0.0680 e. The fourth-order valence-electron chi connectivity index (χ4n) is 1.15. The highest BCUT2D eigenvalue weighted by Gasteiger charge is 2.20. The smallest absolute Gasteiger partial charge is 0.0680 e. The normalized spacial score (nSPS) is 15.8. The Bertz CT molecular complexity index is 232. The molecule has 0 spiro atoms. The lowest BCUT2D eigenvalue weighted by molar-refractivity contribution is 0.436. The lowest BCUT2D eigenvalue weighted by Crippen LogP contribution is -2.40. The van der Waals surface area contributed by atoms with Gasteiger partial charge in [-0.05, 0) is 6.07 Å². The molecular formula is C7H13Cl2N3. The Kier molecular flexibility index (Phi) is 4.60. The van der Waals surface area contributed by atoms with E-state index >= 15 is 0 Å². The van der Waals surface area contributed by atoms with Crippen LogP contribution >= 0.6 is 24.8 Å². The molecule has 70 valence electrons. The van der Waals surface area contributed by atoms with Gasteiger partial charge in [0.25, 0.3) is 0 Å². The zero-order valence-corrected chi connectivity index (χ0v) is 8.49. The summed E-state index contributed by atoms with van der Waals surface area (Å²) in [6.07, 6.45) is 1.99. The minimum Gasteiger partial charge on any atom is -0.315 e. The van der Waals surface area contributed by atoms with Gasteiger partial charge in [-0.2, -0.15) is 5.10 Å². The predicted octanol–water partition coefficient (Wildman–Crippen LogP) is 0.950. The summed E-state index contributed by atoms with van der Waals surface area (Å²) < 4.78 is 1.85. The summed E-state index contributed by atoms with van der Waals surface area (Å²) in [6.45, 7) is 2.19. The Morgan fingerprint density at radius 1 is 1.50 bits per heavy atom. The van der Waals surface area contributed by atoms with Gasteiger partial charge >= 0.3 is 0 Å². The third-order valence-electron chi connectivity index (χ3n) is 1.93. The SMILES string of the molecule is Cl.Cl.Cn1ccc(C2CNC2)n1. The Morgan fingerprint density at radius 3 is 2.50 bits per heavy atom. The van der Waals surface area contributed by atoms with E-state index in [1.165, 1.54) is 5.69 Å². The van der Waals surface area contributed by atoms with Crippen molar-refractivity contribution in [1.29, 1.82) is 0 Å². The highest BCUT2D eigenvalue weighted by Crippen LogP contribution is 2.16. The van der Waals surface area contributed by atoms with Crippen molar-refractivity contribution in [3.8, 4) is 0 Å². The second kappa shape index (κ2) is 4.70. The van der Waals surface area contributed by atoms with Gasteiger partial charge in [-0.15, -0.1) is 24.8 Å². The fourth-order valence-corrected chi connectivity index (χ4v) is 1.15. The summed E-state index contributed by atoms with van der Waals surface area (Å²) in [4.78, 5) is 0. The van der Waals surface area contributed by atoms with Gasteiger partial charge in [0.15, 0.2) is 0 Å². The Labute approximate surface area is 84.3 Å². The molecule has 2 rings (SSSR count). The second-order valence-electron chi connectivity index (χ2n) is 2.77. The van der Waals surface area contributed by atoms with E-state index in [1.807, 2.05) is 17.9 Å². The zero-order chi connectivity index (χ0) is 6.97. The number of hydrogen-bond acceptors (Lipinski definition) is 2. The largest absolute Gasteiger partial charge is 0.315 e. The predicted molar refractivity (Wildman–Crippen MR) is 53.3 cm³/mol. The topological polar surface area (TPSA) is 29.9 Å². The molecule has 1 fully saturated rings. The van der Waals surface area contributed by atoms with Crippen LogP contribution in [0.1, 0.15) is 11.6 Å². The Balaban J connectivity index is 0.000000605. The summed E-state index contributed by atoms with van der Waals surface area (Å²) in [5, 5.41) is 7.53.